The van der Waals surface area contributed by atoms with Crippen molar-refractivity contribution in [1.82, 2.24) is 10.2 Å². The minimum atomic E-state index is 0.0437. The lowest BCUT2D eigenvalue weighted by Crippen LogP contribution is -2.53. The van der Waals surface area contributed by atoms with Crippen LogP contribution in [0.4, 0.5) is 0 Å². The first kappa shape index (κ1) is 13.4. The largest absolute Gasteiger partial charge is 0.373 e. The molecule has 3 unspecified atom stereocenters. The van der Waals surface area contributed by atoms with E-state index in [0.717, 1.165) is 13.1 Å². The molecule has 0 saturated carbocycles. The molecule has 3 atom stereocenters. The molecule has 0 aromatic heterocycles. The summed E-state index contributed by atoms with van der Waals surface area (Å²) in [5.41, 5.74) is 5.74. The summed E-state index contributed by atoms with van der Waals surface area (Å²) in [6.45, 7) is 6.31. The Morgan fingerprint density at radius 3 is 2.50 bits per heavy atom. The molecule has 1 aliphatic heterocycles. The molecule has 1 heterocycles. The molecular weight excluding hydrogens is 206 g/mol. The Bertz CT molecular complexity index is 225. The Labute approximate surface area is 97.3 Å². The number of morpholine rings is 1. The van der Waals surface area contributed by atoms with Gasteiger partial charge < -0.3 is 15.8 Å². The third-order valence-electron chi connectivity index (χ3n) is 2.94. The molecule has 0 aromatic carbocycles. The van der Waals surface area contributed by atoms with Crippen molar-refractivity contribution in [2.24, 2.45) is 5.73 Å². The maximum atomic E-state index is 11.4. The van der Waals surface area contributed by atoms with Crippen molar-refractivity contribution >= 4 is 5.91 Å². The van der Waals surface area contributed by atoms with Crippen molar-refractivity contribution < 1.29 is 9.53 Å². The number of amides is 1. The number of carbonyl (C=O) groups is 1. The highest BCUT2D eigenvalue weighted by molar-refractivity contribution is 5.76. The van der Waals surface area contributed by atoms with Crippen LogP contribution in [0, 0.1) is 0 Å². The number of nitrogens with two attached hydrogens (primary N) is 1. The second-order valence-electron chi connectivity index (χ2n) is 4.48. The topological polar surface area (TPSA) is 67.6 Å². The molecular formula is C11H23N3O2. The first-order valence-electron chi connectivity index (χ1n) is 5.87. The Morgan fingerprint density at radius 1 is 1.50 bits per heavy atom. The number of rotatable bonds is 4. The summed E-state index contributed by atoms with van der Waals surface area (Å²) in [5, 5.41) is 2.64. The van der Waals surface area contributed by atoms with Crippen molar-refractivity contribution in [3.63, 3.8) is 0 Å². The van der Waals surface area contributed by atoms with Gasteiger partial charge in [-0.05, 0) is 13.8 Å². The third kappa shape index (κ3) is 3.73. The van der Waals surface area contributed by atoms with Gasteiger partial charge in [0.2, 0.25) is 5.91 Å². The predicted molar refractivity (Wildman–Crippen MR) is 63.1 cm³/mol. The fraction of sp³-hybridized carbons (Fsp3) is 0.909. The normalized spacial score (nSPS) is 28.8. The van der Waals surface area contributed by atoms with Gasteiger partial charge in [0.1, 0.15) is 0 Å². The SMILES string of the molecule is CNC(=O)CC(CN)N1CC(C)OC(C)C1. The summed E-state index contributed by atoms with van der Waals surface area (Å²) in [7, 11) is 1.65. The average molecular weight is 229 g/mol. The lowest BCUT2D eigenvalue weighted by molar-refractivity contribution is -0.124. The number of nitrogens with one attached hydrogen (secondary N) is 1. The molecule has 1 fully saturated rings. The van der Waals surface area contributed by atoms with Gasteiger partial charge in [-0.1, -0.05) is 0 Å². The fourth-order valence-corrected chi connectivity index (χ4v) is 2.19. The molecule has 5 nitrogen and oxygen atoms in total. The monoisotopic (exact) mass is 229 g/mol. The van der Waals surface area contributed by atoms with E-state index < -0.39 is 0 Å². The number of carbonyl (C=O) groups excluding carboxylic acids is 1. The highest BCUT2D eigenvalue weighted by Crippen LogP contribution is 2.14. The van der Waals surface area contributed by atoms with E-state index in [9.17, 15) is 4.79 Å². The summed E-state index contributed by atoms with van der Waals surface area (Å²) in [6, 6.07) is 0.119. The molecule has 1 rings (SSSR count). The van der Waals surface area contributed by atoms with Crippen LogP contribution in [0.2, 0.25) is 0 Å². The van der Waals surface area contributed by atoms with E-state index in [1.54, 1.807) is 7.05 Å². The Hall–Kier alpha value is -0.650. The van der Waals surface area contributed by atoms with Crippen molar-refractivity contribution in [3.8, 4) is 0 Å². The molecule has 16 heavy (non-hydrogen) atoms. The molecule has 0 aromatic rings. The van der Waals surface area contributed by atoms with Crippen LogP contribution in [0.3, 0.4) is 0 Å². The molecule has 3 N–H and O–H groups in total. The number of hydrogen-bond donors (Lipinski definition) is 2. The molecule has 1 amide bonds. The van der Waals surface area contributed by atoms with Crippen LogP contribution >= 0.6 is 0 Å². The minimum absolute atomic E-state index is 0.0437. The van der Waals surface area contributed by atoms with E-state index in [4.69, 9.17) is 10.5 Å². The first-order valence-corrected chi connectivity index (χ1v) is 5.87. The molecule has 0 bridgehead atoms. The lowest BCUT2D eigenvalue weighted by Gasteiger charge is -2.39. The molecule has 0 spiro atoms. The van der Waals surface area contributed by atoms with E-state index in [0.29, 0.717) is 13.0 Å². The summed E-state index contributed by atoms with van der Waals surface area (Å²) < 4.78 is 5.66. The number of hydrogen-bond acceptors (Lipinski definition) is 4. The molecule has 5 heteroatoms. The Morgan fingerprint density at radius 2 is 2.06 bits per heavy atom. The Balaban J connectivity index is 2.54. The van der Waals surface area contributed by atoms with E-state index >= 15 is 0 Å². The highest BCUT2D eigenvalue weighted by atomic mass is 16.5. The summed E-state index contributed by atoms with van der Waals surface area (Å²) in [6.07, 6.45) is 0.886. The van der Waals surface area contributed by atoms with Crippen LogP contribution in [-0.2, 0) is 9.53 Å². The van der Waals surface area contributed by atoms with Gasteiger partial charge in [0, 0.05) is 39.1 Å². The molecule has 1 saturated heterocycles. The average Bonchev–Trinajstić information content (AvgIpc) is 2.24. The predicted octanol–water partition coefficient (Wildman–Crippen LogP) is -0.441. The minimum Gasteiger partial charge on any atom is -0.373 e. The van der Waals surface area contributed by atoms with Gasteiger partial charge in [-0.3, -0.25) is 9.69 Å². The fourth-order valence-electron chi connectivity index (χ4n) is 2.19. The van der Waals surface area contributed by atoms with Crippen LogP contribution in [0.25, 0.3) is 0 Å². The van der Waals surface area contributed by atoms with Gasteiger partial charge in [0.15, 0.2) is 0 Å². The zero-order chi connectivity index (χ0) is 12.1. The lowest BCUT2D eigenvalue weighted by atomic mass is 10.1. The second kappa shape index (κ2) is 6.18. The van der Waals surface area contributed by atoms with Gasteiger partial charge in [-0.2, -0.15) is 0 Å². The zero-order valence-electron chi connectivity index (χ0n) is 10.4. The van der Waals surface area contributed by atoms with Crippen LogP contribution < -0.4 is 11.1 Å². The second-order valence-corrected chi connectivity index (χ2v) is 4.48. The quantitative estimate of drug-likeness (QED) is 0.686. The van der Waals surface area contributed by atoms with Crippen molar-refractivity contribution in [2.75, 3.05) is 26.7 Å². The van der Waals surface area contributed by atoms with Crippen LogP contribution in [0.15, 0.2) is 0 Å². The van der Waals surface area contributed by atoms with Crippen LogP contribution in [-0.4, -0.2) is 55.7 Å². The summed E-state index contributed by atoms with van der Waals surface area (Å²) >= 11 is 0. The maximum Gasteiger partial charge on any atom is 0.221 e. The van der Waals surface area contributed by atoms with Crippen molar-refractivity contribution in [1.29, 1.82) is 0 Å². The van der Waals surface area contributed by atoms with Gasteiger partial charge in [0.25, 0.3) is 0 Å². The van der Waals surface area contributed by atoms with Crippen LogP contribution in [0.5, 0.6) is 0 Å². The number of ether oxygens (including phenoxy) is 1. The first-order chi connectivity index (χ1) is 7.56. The van der Waals surface area contributed by atoms with E-state index in [1.165, 1.54) is 0 Å². The van der Waals surface area contributed by atoms with Gasteiger partial charge in [-0.25, -0.2) is 0 Å². The van der Waals surface area contributed by atoms with Crippen LogP contribution in [0.1, 0.15) is 20.3 Å². The molecule has 0 aliphatic carbocycles. The summed E-state index contributed by atoms with van der Waals surface area (Å²) in [4.78, 5) is 13.6. The van der Waals surface area contributed by atoms with Gasteiger partial charge >= 0.3 is 0 Å². The highest BCUT2D eigenvalue weighted by Gasteiger charge is 2.28. The van der Waals surface area contributed by atoms with Crippen molar-refractivity contribution in [3.05, 3.63) is 0 Å². The number of nitrogens with zero attached hydrogens (tertiary/aromatic N) is 1. The standard InChI is InChI=1S/C11H23N3O2/c1-8-6-14(7-9(2)16-8)10(5-12)4-11(15)13-3/h8-10H,4-7,12H2,1-3H3,(H,13,15). The molecule has 94 valence electrons. The Kier molecular flexibility index (Phi) is 5.18. The van der Waals surface area contributed by atoms with E-state index in [2.05, 4.69) is 24.1 Å². The third-order valence-corrected chi connectivity index (χ3v) is 2.94. The molecule has 0 radical (unpaired) electrons. The molecule has 1 aliphatic rings. The van der Waals surface area contributed by atoms with Gasteiger partial charge in [0.05, 0.1) is 12.2 Å². The van der Waals surface area contributed by atoms with E-state index in [-0.39, 0.29) is 24.2 Å². The zero-order valence-corrected chi connectivity index (χ0v) is 10.4. The van der Waals surface area contributed by atoms with Crippen molar-refractivity contribution in [2.45, 2.75) is 38.5 Å². The van der Waals surface area contributed by atoms with E-state index in [1.807, 2.05) is 0 Å². The summed E-state index contributed by atoms with van der Waals surface area (Å²) in [5.74, 6) is 0.0437. The van der Waals surface area contributed by atoms with Gasteiger partial charge in [-0.15, -0.1) is 0 Å². The smallest absolute Gasteiger partial charge is 0.221 e. The maximum absolute atomic E-state index is 11.4.